The molecule has 0 heterocycles. The van der Waals surface area contributed by atoms with Crippen LogP contribution in [0.25, 0.3) is 0 Å². The molecule has 0 bridgehead atoms. The minimum atomic E-state index is -0.815. The van der Waals surface area contributed by atoms with Gasteiger partial charge in [-0.3, -0.25) is 14.4 Å². The molecular weight excluding hydrogens is 841 g/mol. The lowest BCUT2D eigenvalue weighted by Crippen LogP contribution is -2.30. The standard InChI is InChI=1S/C62H98O6/c1-4-7-10-13-16-19-22-25-28-30-32-34-37-40-43-46-49-52-55-61(64)67-58-59(57-66-60(63)54-51-48-45-42-39-36-27-24-21-18-15-12-9-6-3)68-62(65)56-53-50-47-44-41-38-35-33-31-29-26-23-20-17-14-11-8-5-2/h9-10,12-13,16,18-19,21-23,25-36,59H,4-8,11,14-15,17,20,24,37-58H2,1-3H3/b12-9-,13-10-,19-16-,21-18-,25-22-,26-23-,30-28-,31-29-,34-32-,35-33-,36-27-. The van der Waals surface area contributed by atoms with Crippen molar-refractivity contribution in [2.45, 2.75) is 226 Å². The number of unbranched alkanes of at least 4 members (excludes halogenated alkanes) is 20. The second-order valence-corrected chi connectivity index (χ2v) is 17.6. The summed E-state index contributed by atoms with van der Waals surface area (Å²) in [5, 5.41) is 0. The SMILES string of the molecule is CC/C=C\C/C=C\C/C=C\CCCCCCC(=O)OCC(COC(=O)CCCCCCC\C=C/C=C\C=C/C=C\C=C/CCC)OC(=O)CCCCCCC\C=C/C=C\C=C/CCCCCCC. The molecule has 0 saturated heterocycles. The predicted molar refractivity (Wildman–Crippen MR) is 292 cm³/mol. The third kappa shape index (κ3) is 52.5. The highest BCUT2D eigenvalue weighted by Gasteiger charge is 2.19. The summed E-state index contributed by atoms with van der Waals surface area (Å²) in [5.74, 6) is -0.984. The van der Waals surface area contributed by atoms with Crippen molar-refractivity contribution in [1.82, 2.24) is 0 Å². The van der Waals surface area contributed by atoms with E-state index in [1.165, 1.54) is 38.5 Å². The van der Waals surface area contributed by atoms with Crippen LogP contribution in [0.5, 0.6) is 0 Å². The van der Waals surface area contributed by atoms with Crippen LogP contribution in [0.1, 0.15) is 220 Å². The van der Waals surface area contributed by atoms with Crippen LogP contribution in [-0.2, 0) is 28.6 Å². The van der Waals surface area contributed by atoms with Gasteiger partial charge in [0.15, 0.2) is 6.10 Å². The fourth-order valence-electron chi connectivity index (χ4n) is 6.96. The topological polar surface area (TPSA) is 78.9 Å². The third-order valence-corrected chi connectivity index (χ3v) is 11.0. The Morgan fingerprint density at radius 2 is 0.662 bits per heavy atom. The molecule has 382 valence electrons. The molecule has 1 atom stereocenters. The van der Waals surface area contributed by atoms with E-state index in [2.05, 4.69) is 118 Å². The molecule has 6 nitrogen and oxygen atoms in total. The number of esters is 3. The molecule has 0 aliphatic carbocycles. The fraction of sp³-hybridized carbons (Fsp3) is 0.597. The highest BCUT2D eigenvalue weighted by atomic mass is 16.6. The number of hydrogen-bond acceptors (Lipinski definition) is 6. The molecule has 0 fully saturated rings. The van der Waals surface area contributed by atoms with E-state index < -0.39 is 6.10 Å². The first-order chi connectivity index (χ1) is 33.5. The summed E-state index contributed by atoms with van der Waals surface area (Å²) in [7, 11) is 0. The van der Waals surface area contributed by atoms with Gasteiger partial charge in [-0.25, -0.2) is 0 Å². The molecule has 68 heavy (non-hydrogen) atoms. The van der Waals surface area contributed by atoms with Gasteiger partial charge in [0.2, 0.25) is 0 Å². The van der Waals surface area contributed by atoms with Gasteiger partial charge in [-0.1, -0.05) is 238 Å². The first kappa shape index (κ1) is 63.5. The van der Waals surface area contributed by atoms with Gasteiger partial charge in [0, 0.05) is 19.3 Å². The largest absolute Gasteiger partial charge is 0.462 e. The number of hydrogen-bond donors (Lipinski definition) is 0. The zero-order valence-corrected chi connectivity index (χ0v) is 43.6. The van der Waals surface area contributed by atoms with E-state index in [1.54, 1.807) is 0 Å². The number of ether oxygens (including phenoxy) is 3. The summed E-state index contributed by atoms with van der Waals surface area (Å²) in [6, 6.07) is 0. The van der Waals surface area contributed by atoms with Gasteiger partial charge in [-0.2, -0.15) is 0 Å². The summed E-state index contributed by atoms with van der Waals surface area (Å²) >= 11 is 0. The highest BCUT2D eigenvalue weighted by molar-refractivity contribution is 5.71. The van der Waals surface area contributed by atoms with Gasteiger partial charge in [-0.05, 0) is 96.3 Å². The summed E-state index contributed by atoms with van der Waals surface area (Å²) in [4.78, 5) is 38.1. The molecule has 1 unspecified atom stereocenters. The maximum Gasteiger partial charge on any atom is 0.306 e. The van der Waals surface area contributed by atoms with Gasteiger partial charge in [0.1, 0.15) is 13.2 Å². The number of carbonyl (C=O) groups is 3. The van der Waals surface area contributed by atoms with Crippen LogP contribution in [-0.4, -0.2) is 37.2 Å². The van der Waals surface area contributed by atoms with Gasteiger partial charge >= 0.3 is 17.9 Å². The first-order valence-corrected chi connectivity index (χ1v) is 27.3. The monoisotopic (exact) mass is 939 g/mol. The number of allylic oxidation sites excluding steroid dienone is 22. The maximum atomic E-state index is 12.8. The van der Waals surface area contributed by atoms with E-state index in [9.17, 15) is 14.4 Å². The van der Waals surface area contributed by atoms with Crippen molar-refractivity contribution in [1.29, 1.82) is 0 Å². The van der Waals surface area contributed by atoms with E-state index in [-0.39, 0.29) is 37.5 Å². The molecule has 0 aliphatic heterocycles. The molecule has 0 rings (SSSR count). The van der Waals surface area contributed by atoms with Crippen molar-refractivity contribution < 1.29 is 28.6 Å². The Kier molecular flexibility index (Phi) is 51.5. The Hall–Kier alpha value is -4.45. The molecule has 6 heteroatoms. The van der Waals surface area contributed by atoms with Crippen molar-refractivity contribution in [3.8, 4) is 0 Å². The predicted octanol–water partition coefficient (Wildman–Crippen LogP) is 18.3. The van der Waals surface area contributed by atoms with Gasteiger partial charge in [-0.15, -0.1) is 0 Å². The average Bonchev–Trinajstić information content (AvgIpc) is 3.34. The van der Waals surface area contributed by atoms with Crippen molar-refractivity contribution in [3.05, 3.63) is 134 Å². The normalized spacial score (nSPS) is 13.2. The van der Waals surface area contributed by atoms with Gasteiger partial charge in [0.05, 0.1) is 0 Å². The molecule has 0 radical (unpaired) electrons. The average molecular weight is 939 g/mol. The van der Waals surface area contributed by atoms with Crippen LogP contribution in [0, 0.1) is 0 Å². The zero-order chi connectivity index (χ0) is 49.3. The number of carbonyl (C=O) groups excluding carboxylic acids is 3. The molecule has 0 aromatic rings. The van der Waals surface area contributed by atoms with Crippen molar-refractivity contribution in [2.75, 3.05) is 13.2 Å². The van der Waals surface area contributed by atoms with Crippen LogP contribution >= 0.6 is 0 Å². The molecule has 0 aromatic heterocycles. The molecule has 0 aliphatic rings. The molecule has 0 aromatic carbocycles. The van der Waals surface area contributed by atoms with Crippen LogP contribution in [0.2, 0.25) is 0 Å². The third-order valence-electron chi connectivity index (χ3n) is 11.0. The minimum absolute atomic E-state index is 0.112. The Labute approximate surface area is 417 Å². The first-order valence-electron chi connectivity index (χ1n) is 27.3. The fourth-order valence-corrected chi connectivity index (χ4v) is 6.96. The second kappa shape index (κ2) is 55.1. The summed E-state index contributed by atoms with van der Waals surface area (Å²) in [6.07, 6.45) is 77.1. The lowest BCUT2D eigenvalue weighted by Gasteiger charge is -2.18. The smallest absolute Gasteiger partial charge is 0.306 e. The molecular formula is C62H98O6. The van der Waals surface area contributed by atoms with Crippen LogP contribution in [0.4, 0.5) is 0 Å². The van der Waals surface area contributed by atoms with Crippen LogP contribution in [0.3, 0.4) is 0 Å². The summed E-state index contributed by atoms with van der Waals surface area (Å²) in [6.45, 7) is 6.35. The summed E-state index contributed by atoms with van der Waals surface area (Å²) in [5.41, 5.74) is 0. The highest BCUT2D eigenvalue weighted by Crippen LogP contribution is 2.13. The quantitative estimate of drug-likeness (QED) is 0.0199. The van der Waals surface area contributed by atoms with E-state index in [0.717, 1.165) is 141 Å². The lowest BCUT2D eigenvalue weighted by atomic mass is 10.1. The van der Waals surface area contributed by atoms with Gasteiger partial charge < -0.3 is 14.2 Å². The molecule has 0 saturated carbocycles. The van der Waals surface area contributed by atoms with Crippen molar-refractivity contribution in [3.63, 3.8) is 0 Å². The molecule has 0 N–H and O–H groups in total. The van der Waals surface area contributed by atoms with Crippen molar-refractivity contribution >= 4 is 17.9 Å². The Morgan fingerprint density at radius 3 is 1.09 bits per heavy atom. The Bertz CT molecular complexity index is 1500. The Balaban J connectivity index is 4.55. The summed E-state index contributed by atoms with van der Waals surface area (Å²) < 4.78 is 16.8. The number of rotatable bonds is 47. The van der Waals surface area contributed by atoms with E-state index >= 15 is 0 Å². The Morgan fingerprint density at radius 1 is 0.324 bits per heavy atom. The second-order valence-electron chi connectivity index (χ2n) is 17.6. The minimum Gasteiger partial charge on any atom is -0.462 e. The van der Waals surface area contributed by atoms with E-state index in [1.807, 2.05) is 36.5 Å². The van der Waals surface area contributed by atoms with E-state index in [0.29, 0.717) is 12.8 Å². The molecule has 0 amide bonds. The van der Waals surface area contributed by atoms with Crippen molar-refractivity contribution in [2.24, 2.45) is 0 Å². The van der Waals surface area contributed by atoms with Gasteiger partial charge in [0.25, 0.3) is 0 Å². The molecule has 0 spiro atoms. The van der Waals surface area contributed by atoms with E-state index in [4.69, 9.17) is 14.2 Å². The van der Waals surface area contributed by atoms with Crippen LogP contribution in [0.15, 0.2) is 134 Å². The lowest BCUT2D eigenvalue weighted by molar-refractivity contribution is -0.167. The maximum absolute atomic E-state index is 12.8. The zero-order valence-electron chi connectivity index (χ0n) is 43.6. The van der Waals surface area contributed by atoms with Crippen LogP contribution < -0.4 is 0 Å².